The van der Waals surface area contributed by atoms with Crippen LogP contribution in [-0.2, 0) is 16.0 Å². The summed E-state index contributed by atoms with van der Waals surface area (Å²) in [4.78, 5) is 11.1. The molecule has 3 heteroatoms. The number of hydrogen-bond acceptors (Lipinski definition) is 2. The van der Waals surface area contributed by atoms with Gasteiger partial charge >= 0.3 is 5.97 Å². The maximum absolute atomic E-state index is 13.3. The minimum atomic E-state index is -0.387. The molecule has 0 unspecified atom stereocenters. The van der Waals surface area contributed by atoms with E-state index in [1.807, 2.05) is 6.07 Å². The highest BCUT2D eigenvalue weighted by molar-refractivity contribution is 5.92. The summed E-state index contributed by atoms with van der Waals surface area (Å²) in [5, 5.41) is 0. The molecule has 0 saturated carbocycles. The van der Waals surface area contributed by atoms with Crippen molar-refractivity contribution in [2.75, 3.05) is 7.11 Å². The minimum Gasteiger partial charge on any atom is -0.466 e. The first-order chi connectivity index (χ1) is 7.22. The van der Waals surface area contributed by atoms with Crippen molar-refractivity contribution < 1.29 is 13.9 Å². The quantitative estimate of drug-likeness (QED) is 0.520. The number of esters is 1. The maximum atomic E-state index is 13.3. The highest BCUT2D eigenvalue weighted by atomic mass is 19.1. The van der Waals surface area contributed by atoms with Gasteiger partial charge in [-0.1, -0.05) is 12.1 Å². The Morgan fingerprint density at radius 1 is 1.47 bits per heavy atom. The lowest BCUT2D eigenvalue weighted by atomic mass is 10.1. The number of carbonyl (C=O) groups excluding carboxylic acids is 1. The van der Waals surface area contributed by atoms with Crippen LogP contribution in [-0.4, -0.2) is 13.1 Å². The molecule has 1 aliphatic carbocycles. The zero-order chi connectivity index (χ0) is 10.8. The molecule has 0 amide bonds. The van der Waals surface area contributed by atoms with Gasteiger partial charge in [0.05, 0.1) is 7.11 Å². The Labute approximate surface area is 87.4 Å². The van der Waals surface area contributed by atoms with Crippen LogP contribution < -0.4 is 0 Å². The van der Waals surface area contributed by atoms with Crippen molar-refractivity contribution in [3.8, 4) is 0 Å². The van der Waals surface area contributed by atoms with Gasteiger partial charge in [-0.05, 0) is 35.6 Å². The van der Waals surface area contributed by atoms with Crippen LogP contribution in [0.2, 0.25) is 0 Å². The van der Waals surface area contributed by atoms with E-state index >= 15 is 0 Å². The molecular formula is C12H11FO2. The molecule has 0 saturated heterocycles. The molecule has 15 heavy (non-hydrogen) atoms. The number of ether oxygens (including phenoxy) is 1. The molecule has 0 fully saturated rings. The number of methoxy groups -OCH3 is 1. The third-order valence-corrected chi connectivity index (χ3v) is 2.60. The molecule has 1 aliphatic rings. The van der Waals surface area contributed by atoms with E-state index in [-0.39, 0.29) is 11.8 Å². The fraction of sp³-hybridized carbons (Fsp3) is 0.250. The molecule has 0 aliphatic heterocycles. The Morgan fingerprint density at radius 3 is 3.00 bits per heavy atom. The van der Waals surface area contributed by atoms with E-state index in [4.69, 9.17) is 0 Å². The van der Waals surface area contributed by atoms with Crippen LogP contribution >= 0.6 is 0 Å². The van der Waals surface area contributed by atoms with Gasteiger partial charge in [0, 0.05) is 6.08 Å². The average molecular weight is 206 g/mol. The SMILES string of the molecule is COC(=O)/C=C1/CCc2c(F)cccc21. The smallest absolute Gasteiger partial charge is 0.330 e. The zero-order valence-electron chi connectivity index (χ0n) is 8.42. The third kappa shape index (κ3) is 1.77. The summed E-state index contributed by atoms with van der Waals surface area (Å²) in [6.45, 7) is 0. The molecule has 0 radical (unpaired) electrons. The van der Waals surface area contributed by atoms with Crippen molar-refractivity contribution in [3.63, 3.8) is 0 Å². The normalized spacial score (nSPS) is 16.5. The van der Waals surface area contributed by atoms with Crippen molar-refractivity contribution in [1.82, 2.24) is 0 Å². The Kier molecular flexibility index (Phi) is 2.54. The molecule has 78 valence electrons. The highest BCUT2D eigenvalue weighted by Crippen LogP contribution is 2.33. The maximum Gasteiger partial charge on any atom is 0.330 e. The Hall–Kier alpha value is -1.64. The van der Waals surface area contributed by atoms with Gasteiger partial charge in [0.15, 0.2) is 0 Å². The van der Waals surface area contributed by atoms with Crippen LogP contribution in [0.1, 0.15) is 17.5 Å². The third-order valence-electron chi connectivity index (χ3n) is 2.60. The molecule has 0 aromatic heterocycles. The number of fused-ring (bicyclic) bond motifs is 1. The summed E-state index contributed by atoms with van der Waals surface area (Å²) in [6.07, 6.45) is 2.79. The van der Waals surface area contributed by atoms with Gasteiger partial charge < -0.3 is 4.74 Å². The Balaban J connectivity index is 2.41. The lowest BCUT2D eigenvalue weighted by Crippen LogP contribution is -1.95. The molecule has 0 N–H and O–H groups in total. The van der Waals surface area contributed by atoms with Gasteiger partial charge in [-0.15, -0.1) is 0 Å². The molecule has 2 rings (SSSR count). The standard InChI is InChI=1S/C12H11FO2/c1-15-12(14)7-8-5-6-10-9(8)3-2-4-11(10)13/h2-4,7H,5-6H2,1H3/b8-7-. The van der Waals surface area contributed by atoms with Gasteiger partial charge in [0.25, 0.3) is 0 Å². The summed E-state index contributed by atoms with van der Waals surface area (Å²) in [6, 6.07) is 4.94. The second-order valence-corrected chi connectivity index (χ2v) is 3.46. The van der Waals surface area contributed by atoms with Gasteiger partial charge in [-0.25, -0.2) is 9.18 Å². The van der Waals surface area contributed by atoms with E-state index in [0.29, 0.717) is 18.4 Å². The topological polar surface area (TPSA) is 26.3 Å². The highest BCUT2D eigenvalue weighted by Gasteiger charge is 2.19. The summed E-state index contributed by atoms with van der Waals surface area (Å²) in [5.41, 5.74) is 2.39. The van der Waals surface area contributed by atoms with E-state index < -0.39 is 0 Å². The van der Waals surface area contributed by atoms with Crippen LogP contribution in [0.4, 0.5) is 4.39 Å². The molecule has 2 nitrogen and oxygen atoms in total. The lowest BCUT2D eigenvalue weighted by Gasteiger charge is -2.00. The van der Waals surface area contributed by atoms with Gasteiger partial charge in [0.1, 0.15) is 5.82 Å². The first-order valence-corrected chi connectivity index (χ1v) is 4.78. The van der Waals surface area contributed by atoms with Crippen molar-refractivity contribution in [2.45, 2.75) is 12.8 Å². The molecule has 0 heterocycles. The van der Waals surface area contributed by atoms with Crippen LogP contribution in [0.25, 0.3) is 5.57 Å². The fourth-order valence-corrected chi connectivity index (χ4v) is 1.86. The van der Waals surface area contributed by atoms with Crippen molar-refractivity contribution in [3.05, 3.63) is 41.2 Å². The molecular weight excluding hydrogens is 195 g/mol. The van der Waals surface area contributed by atoms with E-state index in [0.717, 1.165) is 11.1 Å². The fourth-order valence-electron chi connectivity index (χ4n) is 1.86. The monoisotopic (exact) mass is 206 g/mol. The molecule has 1 aromatic rings. The first-order valence-electron chi connectivity index (χ1n) is 4.78. The van der Waals surface area contributed by atoms with Crippen molar-refractivity contribution in [2.24, 2.45) is 0 Å². The molecule has 0 atom stereocenters. The van der Waals surface area contributed by atoms with Gasteiger partial charge in [-0.2, -0.15) is 0 Å². The average Bonchev–Trinajstić information content (AvgIpc) is 2.63. The number of carbonyl (C=O) groups is 1. The predicted molar refractivity (Wildman–Crippen MR) is 54.7 cm³/mol. The van der Waals surface area contributed by atoms with E-state index in [9.17, 15) is 9.18 Å². The summed E-state index contributed by atoms with van der Waals surface area (Å²) in [7, 11) is 1.33. The minimum absolute atomic E-state index is 0.194. The molecule has 1 aromatic carbocycles. The van der Waals surface area contributed by atoms with Crippen LogP contribution in [0.5, 0.6) is 0 Å². The summed E-state index contributed by atoms with van der Waals surface area (Å²) < 4.78 is 17.9. The summed E-state index contributed by atoms with van der Waals surface area (Å²) in [5.74, 6) is -0.581. The number of allylic oxidation sites excluding steroid dienone is 1. The van der Waals surface area contributed by atoms with Gasteiger partial charge in [-0.3, -0.25) is 0 Å². The number of benzene rings is 1. The largest absolute Gasteiger partial charge is 0.466 e. The van der Waals surface area contributed by atoms with Crippen LogP contribution in [0.15, 0.2) is 24.3 Å². The first kappa shape index (κ1) is 9.90. The molecule has 0 bridgehead atoms. The zero-order valence-corrected chi connectivity index (χ0v) is 8.42. The number of hydrogen-bond donors (Lipinski definition) is 0. The Morgan fingerprint density at radius 2 is 2.27 bits per heavy atom. The Bertz CT molecular complexity index is 435. The second kappa shape index (κ2) is 3.85. The van der Waals surface area contributed by atoms with E-state index in [1.54, 1.807) is 6.07 Å². The van der Waals surface area contributed by atoms with Crippen LogP contribution in [0.3, 0.4) is 0 Å². The van der Waals surface area contributed by atoms with Crippen molar-refractivity contribution in [1.29, 1.82) is 0 Å². The summed E-state index contributed by atoms with van der Waals surface area (Å²) >= 11 is 0. The second-order valence-electron chi connectivity index (χ2n) is 3.46. The predicted octanol–water partition coefficient (Wildman–Crippen LogP) is 2.33. The lowest BCUT2D eigenvalue weighted by molar-refractivity contribution is -0.134. The van der Waals surface area contributed by atoms with Crippen LogP contribution in [0, 0.1) is 5.82 Å². The van der Waals surface area contributed by atoms with Crippen molar-refractivity contribution >= 4 is 11.5 Å². The molecule has 0 spiro atoms. The number of halogens is 1. The van der Waals surface area contributed by atoms with E-state index in [1.165, 1.54) is 19.3 Å². The van der Waals surface area contributed by atoms with E-state index in [2.05, 4.69) is 4.74 Å². The number of rotatable bonds is 1. The van der Waals surface area contributed by atoms with Gasteiger partial charge in [0.2, 0.25) is 0 Å².